The molecule has 5 heteroatoms. The average Bonchev–Trinajstić information content (AvgIpc) is 2.99. The Morgan fingerprint density at radius 1 is 1.50 bits per heavy atom. The van der Waals surface area contributed by atoms with Gasteiger partial charge >= 0.3 is 5.76 Å². The summed E-state index contributed by atoms with van der Waals surface area (Å²) in [6, 6.07) is 5.77. The van der Waals surface area contributed by atoms with Crippen LogP contribution < -0.4 is 5.76 Å². The van der Waals surface area contributed by atoms with Gasteiger partial charge in [0.15, 0.2) is 5.58 Å². The Labute approximate surface area is 122 Å². The molecule has 1 fully saturated rings. The molecule has 0 saturated carbocycles. The minimum atomic E-state index is -0.316. The van der Waals surface area contributed by atoms with Gasteiger partial charge in [0.2, 0.25) is 0 Å². The van der Waals surface area contributed by atoms with Crippen LogP contribution in [0, 0.1) is 5.92 Å². The fraction of sp³-hybridized carbons (Fsp3) is 0.533. The Balaban J connectivity index is 1.98. The third kappa shape index (κ3) is 2.17. The number of oxazole rings is 1. The second-order valence-corrected chi connectivity index (χ2v) is 5.74. The molecular weight excluding hydrogens is 278 g/mol. The van der Waals surface area contributed by atoms with E-state index in [0.29, 0.717) is 18.0 Å². The molecule has 108 valence electrons. The molecule has 1 aliphatic heterocycles. The second-order valence-electron chi connectivity index (χ2n) is 5.27. The molecule has 1 saturated heterocycles. The molecule has 0 spiro atoms. The molecule has 0 aliphatic carbocycles. The van der Waals surface area contributed by atoms with E-state index in [1.165, 1.54) is 0 Å². The molecule has 0 radical (unpaired) electrons. The summed E-state index contributed by atoms with van der Waals surface area (Å²) in [4.78, 5) is 11.7. The van der Waals surface area contributed by atoms with Gasteiger partial charge in [0.1, 0.15) is 0 Å². The summed E-state index contributed by atoms with van der Waals surface area (Å²) in [5.74, 6) is -0.0163. The van der Waals surface area contributed by atoms with Crippen LogP contribution in [0.1, 0.15) is 31.2 Å². The Morgan fingerprint density at radius 2 is 2.30 bits per heavy atom. The average molecular weight is 296 g/mol. The smallest absolute Gasteiger partial charge is 0.408 e. The predicted molar refractivity (Wildman–Crippen MR) is 78.3 cm³/mol. The normalized spacial score (nSPS) is 24.4. The lowest BCUT2D eigenvalue weighted by Crippen LogP contribution is -2.16. The van der Waals surface area contributed by atoms with Gasteiger partial charge in [-0.1, -0.05) is 6.07 Å². The molecule has 1 aromatic carbocycles. The second kappa shape index (κ2) is 5.26. The molecular formula is C15H18ClNO3. The number of aryl methyl sites for hydroxylation is 1. The summed E-state index contributed by atoms with van der Waals surface area (Å²) >= 11 is 6.58. The quantitative estimate of drug-likeness (QED) is 0.816. The van der Waals surface area contributed by atoms with Gasteiger partial charge in [-0.2, -0.15) is 0 Å². The van der Waals surface area contributed by atoms with Crippen LogP contribution in [0.2, 0.25) is 0 Å². The van der Waals surface area contributed by atoms with Crippen LogP contribution in [0.5, 0.6) is 0 Å². The Morgan fingerprint density at radius 3 is 2.95 bits per heavy atom. The minimum Gasteiger partial charge on any atom is -0.408 e. The third-order valence-electron chi connectivity index (χ3n) is 4.14. The highest BCUT2D eigenvalue weighted by atomic mass is 35.5. The van der Waals surface area contributed by atoms with E-state index in [0.717, 1.165) is 24.1 Å². The van der Waals surface area contributed by atoms with E-state index in [2.05, 4.69) is 6.92 Å². The molecule has 3 rings (SSSR count). The Kier molecular flexibility index (Phi) is 3.61. The van der Waals surface area contributed by atoms with Crippen molar-refractivity contribution in [3.63, 3.8) is 0 Å². The first-order chi connectivity index (χ1) is 9.61. The highest BCUT2D eigenvalue weighted by molar-refractivity contribution is 6.21. The van der Waals surface area contributed by atoms with Gasteiger partial charge in [-0.3, -0.25) is 4.57 Å². The molecule has 4 nitrogen and oxygen atoms in total. The number of hydrogen-bond acceptors (Lipinski definition) is 3. The van der Waals surface area contributed by atoms with Gasteiger partial charge in [-0.25, -0.2) is 4.79 Å². The minimum absolute atomic E-state index is 0.118. The number of aromatic nitrogens is 1. The van der Waals surface area contributed by atoms with Crippen molar-refractivity contribution in [2.24, 2.45) is 5.92 Å². The summed E-state index contributed by atoms with van der Waals surface area (Å²) in [6.07, 6.45) is 1.13. The number of halogens is 1. The first kappa shape index (κ1) is 13.7. The van der Waals surface area contributed by atoms with E-state index in [1.54, 1.807) is 4.57 Å². The maximum Gasteiger partial charge on any atom is 0.419 e. The van der Waals surface area contributed by atoms with Crippen molar-refractivity contribution >= 4 is 22.7 Å². The topological polar surface area (TPSA) is 44.4 Å². The Hall–Kier alpha value is -1.26. The number of ether oxygens (including phenoxy) is 1. The maximum absolute atomic E-state index is 11.7. The highest BCUT2D eigenvalue weighted by Crippen LogP contribution is 2.38. The van der Waals surface area contributed by atoms with E-state index in [4.69, 9.17) is 20.8 Å². The van der Waals surface area contributed by atoms with E-state index >= 15 is 0 Å². The molecule has 1 aromatic heterocycles. The number of hydrogen-bond donors (Lipinski definition) is 0. The van der Waals surface area contributed by atoms with E-state index in [-0.39, 0.29) is 17.2 Å². The van der Waals surface area contributed by atoms with Crippen LogP contribution in [-0.2, 0) is 11.3 Å². The number of alkyl halides is 1. The SMILES string of the molecule is CCn1c(=O)oc2cc(C(Cl)C3CCOC3C)ccc21. The van der Waals surface area contributed by atoms with Crippen LogP contribution >= 0.6 is 11.6 Å². The van der Waals surface area contributed by atoms with Gasteiger partial charge in [0, 0.05) is 19.1 Å². The van der Waals surface area contributed by atoms with Crippen molar-refractivity contribution in [3.05, 3.63) is 34.3 Å². The molecule has 3 unspecified atom stereocenters. The lowest BCUT2D eigenvalue weighted by atomic mass is 9.93. The molecule has 3 atom stereocenters. The van der Waals surface area contributed by atoms with Crippen LogP contribution in [0.25, 0.3) is 11.1 Å². The molecule has 2 aromatic rings. The van der Waals surface area contributed by atoms with E-state index in [9.17, 15) is 4.79 Å². The first-order valence-corrected chi connectivity index (χ1v) is 7.44. The van der Waals surface area contributed by atoms with Gasteiger partial charge in [0.25, 0.3) is 0 Å². The van der Waals surface area contributed by atoms with Gasteiger partial charge in [-0.15, -0.1) is 11.6 Å². The summed E-state index contributed by atoms with van der Waals surface area (Å²) in [6.45, 7) is 5.34. The zero-order valence-corrected chi connectivity index (χ0v) is 12.4. The van der Waals surface area contributed by atoms with Gasteiger partial charge in [-0.05, 0) is 38.0 Å². The van der Waals surface area contributed by atoms with Crippen molar-refractivity contribution < 1.29 is 9.15 Å². The highest BCUT2D eigenvalue weighted by Gasteiger charge is 2.31. The standard InChI is InChI=1S/C15H18ClNO3/c1-3-17-12-5-4-10(8-13(12)20-15(17)18)14(16)11-6-7-19-9(11)2/h4-5,8-9,11,14H,3,6-7H2,1-2H3. The molecule has 1 aliphatic rings. The number of rotatable bonds is 3. The molecule has 0 amide bonds. The summed E-state index contributed by atoms with van der Waals surface area (Å²) in [5, 5.41) is -0.118. The van der Waals surface area contributed by atoms with Crippen molar-refractivity contribution in [1.29, 1.82) is 0 Å². The largest absolute Gasteiger partial charge is 0.419 e. The number of nitrogens with zero attached hydrogens (tertiary/aromatic N) is 1. The third-order valence-corrected chi connectivity index (χ3v) is 4.71. The van der Waals surface area contributed by atoms with Crippen LogP contribution in [-0.4, -0.2) is 17.3 Å². The molecule has 20 heavy (non-hydrogen) atoms. The zero-order chi connectivity index (χ0) is 14.3. The van der Waals surface area contributed by atoms with Crippen molar-refractivity contribution in [3.8, 4) is 0 Å². The molecule has 0 bridgehead atoms. The van der Waals surface area contributed by atoms with E-state index < -0.39 is 0 Å². The lowest BCUT2D eigenvalue weighted by Gasteiger charge is -2.20. The van der Waals surface area contributed by atoms with Gasteiger partial charge in [0.05, 0.1) is 17.0 Å². The van der Waals surface area contributed by atoms with Crippen LogP contribution in [0.4, 0.5) is 0 Å². The van der Waals surface area contributed by atoms with Crippen molar-refractivity contribution in [1.82, 2.24) is 4.57 Å². The number of benzene rings is 1. The van der Waals surface area contributed by atoms with Crippen LogP contribution in [0.3, 0.4) is 0 Å². The van der Waals surface area contributed by atoms with E-state index in [1.807, 2.05) is 25.1 Å². The summed E-state index contributed by atoms with van der Waals surface area (Å²) in [5.41, 5.74) is 2.41. The molecule has 2 heterocycles. The fourth-order valence-electron chi connectivity index (χ4n) is 2.93. The Bertz CT molecular complexity index is 675. The fourth-order valence-corrected chi connectivity index (χ4v) is 3.40. The first-order valence-electron chi connectivity index (χ1n) is 7.00. The predicted octanol–water partition coefficient (Wildman–Crippen LogP) is 3.32. The zero-order valence-electron chi connectivity index (χ0n) is 11.6. The lowest BCUT2D eigenvalue weighted by molar-refractivity contribution is 0.105. The van der Waals surface area contributed by atoms with Crippen molar-refractivity contribution in [2.45, 2.75) is 38.3 Å². The summed E-state index contributed by atoms with van der Waals surface area (Å²) < 4.78 is 12.5. The molecule has 0 N–H and O–H groups in total. The van der Waals surface area contributed by atoms with Crippen molar-refractivity contribution in [2.75, 3.05) is 6.61 Å². The maximum atomic E-state index is 11.7. The number of fused-ring (bicyclic) bond motifs is 1. The summed E-state index contributed by atoms with van der Waals surface area (Å²) in [7, 11) is 0. The van der Waals surface area contributed by atoms with Gasteiger partial charge < -0.3 is 9.15 Å². The monoisotopic (exact) mass is 295 g/mol. The van der Waals surface area contributed by atoms with Crippen LogP contribution in [0.15, 0.2) is 27.4 Å².